The number of hydrogen-bond donors (Lipinski definition) is 0. The van der Waals surface area contributed by atoms with Crippen LogP contribution in [-0.4, -0.2) is 51.4 Å². The van der Waals surface area contributed by atoms with Gasteiger partial charge in [0, 0.05) is 0 Å². The van der Waals surface area contributed by atoms with Crippen molar-refractivity contribution in [2.24, 2.45) is 0 Å². The second-order valence-corrected chi connectivity index (χ2v) is 7.03. The summed E-state index contributed by atoms with van der Waals surface area (Å²) in [7, 11) is 2.94. The van der Waals surface area contributed by atoms with Crippen molar-refractivity contribution in [1.29, 1.82) is 0 Å². The van der Waals surface area contributed by atoms with Crippen molar-refractivity contribution in [3.8, 4) is 11.5 Å². The van der Waals surface area contributed by atoms with Crippen LogP contribution in [0.25, 0.3) is 0 Å². The molecule has 0 aliphatic heterocycles. The van der Waals surface area contributed by atoms with E-state index in [-0.39, 0.29) is 18.8 Å². The normalized spacial score (nSPS) is 11.1. The van der Waals surface area contributed by atoms with Crippen LogP contribution in [0.3, 0.4) is 0 Å². The van der Waals surface area contributed by atoms with Crippen molar-refractivity contribution in [1.82, 2.24) is 0 Å². The number of benzene rings is 3. The van der Waals surface area contributed by atoms with Gasteiger partial charge in [-0.05, 0) is 42.5 Å². The number of carbonyl (C=O) groups excluding carboxylic acids is 3. The van der Waals surface area contributed by atoms with E-state index in [4.69, 9.17) is 23.7 Å². The molecule has 8 heteroatoms. The first-order chi connectivity index (χ1) is 16.5. The molecule has 0 aliphatic carbocycles. The molecule has 3 rings (SSSR count). The summed E-state index contributed by atoms with van der Waals surface area (Å²) in [6.07, 6.45) is -1.02. The first-order valence-corrected chi connectivity index (χ1v) is 10.4. The Hall–Kier alpha value is -4.33. The van der Waals surface area contributed by atoms with E-state index in [0.717, 1.165) is 0 Å². The molecular weight excluding hydrogens is 440 g/mol. The minimum Gasteiger partial charge on any atom is -0.493 e. The molecule has 8 nitrogen and oxygen atoms in total. The third-order valence-corrected chi connectivity index (χ3v) is 4.71. The van der Waals surface area contributed by atoms with Crippen LogP contribution in [0.15, 0.2) is 78.9 Å². The van der Waals surface area contributed by atoms with Crippen molar-refractivity contribution in [3.63, 3.8) is 0 Å². The molecule has 0 bridgehead atoms. The van der Waals surface area contributed by atoms with Crippen molar-refractivity contribution in [2.45, 2.75) is 6.10 Å². The van der Waals surface area contributed by atoms with Crippen LogP contribution >= 0.6 is 0 Å². The maximum Gasteiger partial charge on any atom is 0.338 e. The van der Waals surface area contributed by atoms with Crippen LogP contribution in [0, 0.1) is 0 Å². The van der Waals surface area contributed by atoms with Gasteiger partial charge in [-0.25, -0.2) is 14.4 Å². The van der Waals surface area contributed by atoms with E-state index in [2.05, 4.69) is 0 Å². The van der Waals surface area contributed by atoms with E-state index in [1.54, 1.807) is 66.7 Å². The summed E-state index contributed by atoms with van der Waals surface area (Å²) in [5.74, 6) is -1.07. The number of carbonyl (C=O) groups is 3. The van der Waals surface area contributed by atoms with Crippen LogP contribution in [0.4, 0.5) is 0 Å². The van der Waals surface area contributed by atoms with Gasteiger partial charge >= 0.3 is 17.9 Å². The fourth-order valence-corrected chi connectivity index (χ4v) is 2.95. The standard InChI is InChI=1S/C26H24O8/c1-30-22-14-13-20(15-23(22)31-2)25(28)33-17-21(34-26(29)19-11-7-4-8-12-19)16-32-24(27)18-9-5-3-6-10-18/h3-15,21H,16-17H2,1-2H3. The Balaban J connectivity index is 1.67. The Morgan fingerprint density at radius 1 is 0.618 bits per heavy atom. The topological polar surface area (TPSA) is 97.4 Å². The van der Waals surface area contributed by atoms with Crippen molar-refractivity contribution >= 4 is 17.9 Å². The minimum atomic E-state index is -1.02. The molecule has 176 valence electrons. The smallest absolute Gasteiger partial charge is 0.338 e. The fraction of sp³-hybridized carbons (Fsp3) is 0.192. The highest BCUT2D eigenvalue weighted by Gasteiger charge is 2.22. The zero-order valence-electron chi connectivity index (χ0n) is 18.8. The van der Waals surface area contributed by atoms with Crippen LogP contribution in [0.2, 0.25) is 0 Å². The molecule has 0 amide bonds. The number of rotatable bonds is 10. The fourth-order valence-electron chi connectivity index (χ4n) is 2.95. The van der Waals surface area contributed by atoms with Gasteiger partial charge in [0.05, 0.1) is 30.9 Å². The third kappa shape index (κ3) is 6.59. The zero-order valence-corrected chi connectivity index (χ0v) is 18.8. The molecule has 1 unspecified atom stereocenters. The van der Waals surface area contributed by atoms with Gasteiger partial charge < -0.3 is 23.7 Å². The first-order valence-electron chi connectivity index (χ1n) is 10.4. The van der Waals surface area contributed by atoms with E-state index in [1.807, 2.05) is 0 Å². The van der Waals surface area contributed by atoms with Crippen LogP contribution in [0.5, 0.6) is 11.5 Å². The van der Waals surface area contributed by atoms with Crippen molar-refractivity contribution in [3.05, 3.63) is 95.6 Å². The maximum absolute atomic E-state index is 12.6. The molecule has 0 radical (unpaired) electrons. The lowest BCUT2D eigenvalue weighted by molar-refractivity contribution is -0.0253. The van der Waals surface area contributed by atoms with Gasteiger partial charge in [0.15, 0.2) is 17.6 Å². The molecule has 0 saturated carbocycles. The Labute approximate surface area is 197 Å². The van der Waals surface area contributed by atoms with Crippen molar-refractivity contribution < 1.29 is 38.1 Å². The number of esters is 3. The maximum atomic E-state index is 12.6. The van der Waals surface area contributed by atoms with E-state index in [1.165, 1.54) is 26.4 Å². The lowest BCUT2D eigenvalue weighted by atomic mass is 10.2. The molecule has 3 aromatic rings. The Bertz CT molecular complexity index is 1110. The highest BCUT2D eigenvalue weighted by molar-refractivity contribution is 5.91. The van der Waals surface area contributed by atoms with Gasteiger partial charge in [-0.15, -0.1) is 0 Å². The van der Waals surface area contributed by atoms with E-state index < -0.39 is 24.0 Å². The van der Waals surface area contributed by atoms with E-state index >= 15 is 0 Å². The molecule has 1 atom stereocenters. The molecular formula is C26H24O8. The summed E-state index contributed by atoms with van der Waals surface area (Å²) < 4.78 is 26.4. The Kier molecular flexibility index (Phi) is 8.62. The van der Waals surface area contributed by atoms with Crippen LogP contribution in [0.1, 0.15) is 31.1 Å². The molecule has 0 spiro atoms. The molecule has 34 heavy (non-hydrogen) atoms. The van der Waals surface area contributed by atoms with Gasteiger partial charge in [0.2, 0.25) is 0 Å². The van der Waals surface area contributed by atoms with Gasteiger partial charge in [-0.2, -0.15) is 0 Å². The third-order valence-electron chi connectivity index (χ3n) is 4.71. The van der Waals surface area contributed by atoms with Crippen LogP contribution < -0.4 is 9.47 Å². The predicted molar refractivity (Wildman–Crippen MR) is 122 cm³/mol. The summed E-state index contributed by atoms with van der Waals surface area (Å²) in [5.41, 5.74) is 0.873. The number of methoxy groups -OCH3 is 2. The lowest BCUT2D eigenvalue weighted by Crippen LogP contribution is -2.31. The largest absolute Gasteiger partial charge is 0.493 e. The molecule has 0 aliphatic rings. The average molecular weight is 464 g/mol. The highest BCUT2D eigenvalue weighted by Crippen LogP contribution is 2.27. The minimum absolute atomic E-state index is 0.215. The molecule has 0 saturated heterocycles. The second-order valence-electron chi connectivity index (χ2n) is 7.03. The average Bonchev–Trinajstić information content (AvgIpc) is 2.90. The Morgan fingerprint density at radius 2 is 1.12 bits per heavy atom. The molecule has 0 heterocycles. The van der Waals surface area contributed by atoms with Crippen molar-refractivity contribution in [2.75, 3.05) is 27.4 Å². The zero-order chi connectivity index (χ0) is 24.3. The monoisotopic (exact) mass is 464 g/mol. The van der Waals surface area contributed by atoms with E-state index in [0.29, 0.717) is 22.6 Å². The lowest BCUT2D eigenvalue weighted by Gasteiger charge is -2.18. The molecule has 0 fully saturated rings. The number of ether oxygens (including phenoxy) is 5. The van der Waals surface area contributed by atoms with Gasteiger partial charge in [0.25, 0.3) is 0 Å². The first kappa shape index (κ1) is 24.3. The highest BCUT2D eigenvalue weighted by atomic mass is 16.6. The summed E-state index contributed by atoms with van der Waals surface area (Å²) in [6, 6.07) is 21.3. The summed E-state index contributed by atoms with van der Waals surface area (Å²) in [5, 5.41) is 0. The molecule has 0 aromatic heterocycles. The van der Waals surface area contributed by atoms with Gasteiger partial charge in [-0.1, -0.05) is 36.4 Å². The van der Waals surface area contributed by atoms with E-state index in [9.17, 15) is 14.4 Å². The summed E-state index contributed by atoms with van der Waals surface area (Å²) in [6.45, 7) is -0.626. The van der Waals surface area contributed by atoms with Gasteiger partial charge in [-0.3, -0.25) is 0 Å². The predicted octanol–water partition coefficient (Wildman–Crippen LogP) is 3.94. The summed E-state index contributed by atoms with van der Waals surface area (Å²) >= 11 is 0. The van der Waals surface area contributed by atoms with Gasteiger partial charge in [0.1, 0.15) is 13.2 Å². The summed E-state index contributed by atoms with van der Waals surface area (Å²) in [4.78, 5) is 37.4. The SMILES string of the molecule is COc1ccc(C(=O)OCC(COC(=O)c2ccccc2)OC(=O)c2ccccc2)cc1OC. The number of hydrogen-bond acceptors (Lipinski definition) is 8. The second kappa shape index (κ2) is 12.1. The quantitative estimate of drug-likeness (QED) is 0.329. The molecule has 3 aromatic carbocycles. The Morgan fingerprint density at radius 3 is 1.65 bits per heavy atom. The molecule has 0 N–H and O–H groups in total. The van der Waals surface area contributed by atoms with Crippen LogP contribution in [-0.2, 0) is 14.2 Å².